The first-order chi connectivity index (χ1) is 12.6. The van der Waals surface area contributed by atoms with Gasteiger partial charge in [0.2, 0.25) is 5.91 Å². The first-order valence-corrected chi connectivity index (χ1v) is 12.6. The maximum absolute atomic E-state index is 12.1. The maximum atomic E-state index is 12.1. The molecule has 1 N–H and O–H groups in total. The van der Waals surface area contributed by atoms with Gasteiger partial charge in [-0.1, -0.05) is 61.8 Å². The Kier molecular flexibility index (Phi) is 18.3. The fraction of sp³-hybridized carbons (Fsp3) is 0.957. The minimum atomic E-state index is 0.303. The number of hydrogen-bond acceptors (Lipinski definition) is 2. The van der Waals surface area contributed by atoms with Crippen molar-refractivity contribution in [1.82, 2.24) is 5.32 Å². The van der Waals surface area contributed by atoms with Gasteiger partial charge in [-0.25, -0.2) is 0 Å². The molecule has 0 aromatic carbocycles. The fourth-order valence-corrected chi connectivity index (χ4v) is 5.39. The van der Waals surface area contributed by atoms with E-state index in [0.29, 0.717) is 16.7 Å². The average molecular weight is 388 g/mol. The SMILES string of the molecule is CC.CC.CC.CCCCNC(=O)CC12CCC(CSCCC)(CC1)C2. The van der Waals surface area contributed by atoms with Crippen molar-refractivity contribution in [3.05, 3.63) is 0 Å². The van der Waals surface area contributed by atoms with Gasteiger partial charge >= 0.3 is 0 Å². The van der Waals surface area contributed by atoms with Gasteiger partial charge in [-0.05, 0) is 67.3 Å². The smallest absolute Gasteiger partial charge is 0.220 e. The molecular formula is C23H49NOS. The summed E-state index contributed by atoms with van der Waals surface area (Å²) >= 11 is 2.13. The van der Waals surface area contributed by atoms with Crippen LogP contribution in [0.15, 0.2) is 0 Å². The predicted molar refractivity (Wildman–Crippen MR) is 122 cm³/mol. The second-order valence-electron chi connectivity index (χ2n) is 7.11. The highest BCUT2D eigenvalue weighted by molar-refractivity contribution is 7.99. The Morgan fingerprint density at radius 3 is 1.92 bits per heavy atom. The van der Waals surface area contributed by atoms with Crippen LogP contribution in [0.2, 0.25) is 0 Å². The largest absolute Gasteiger partial charge is 0.356 e. The van der Waals surface area contributed by atoms with Crippen LogP contribution >= 0.6 is 11.8 Å². The third kappa shape index (κ3) is 9.67. The number of thioether (sulfide) groups is 1. The maximum Gasteiger partial charge on any atom is 0.220 e. The van der Waals surface area contributed by atoms with Crippen molar-refractivity contribution in [1.29, 1.82) is 0 Å². The lowest BCUT2D eigenvalue weighted by Crippen LogP contribution is -2.30. The summed E-state index contributed by atoms with van der Waals surface area (Å²) in [5.74, 6) is 2.93. The molecule has 0 aromatic rings. The average Bonchev–Trinajstić information content (AvgIpc) is 3.22. The Morgan fingerprint density at radius 2 is 1.42 bits per heavy atom. The highest BCUT2D eigenvalue weighted by atomic mass is 32.2. The Bertz CT molecular complexity index is 322. The Hall–Kier alpha value is -0.180. The summed E-state index contributed by atoms with van der Waals surface area (Å²) in [6.45, 7) is 17.3. The minimum absolute atomic E-state index is 0.303. The van der Waals surface area contributed by atoms with Gasteiger partial charge in [-0.2, -0.15) is 11.8 Å². The molecule has 2 nitrogen and oxygen atoms in total. The molecule has 0 unspecified atom stereocenters. The quantitative estimate of drug-likeness (QED) is 0.416. The summed E-state index contributed by atoms with van der Waals surface area (Å²) in [6.07, 6.45) is 11.0. The third-order valence-corrected chi connectivity index (χ3v) is 6.78. The first kappa shape index (κ1) is 28.0. The molecular weight excluding hydrogens is 338 g/mol. The van der Waals surface area contributed by atoms with Crippen molar-refractivity contribution in [2.24, 2.45) is 10.8 Å². The van der Waals surface area contributed by atoms with E-state index >= 15 is 0 Å². The Balaban J connectivity index is 0. The van der Waals surface area contributed by atoms with Crippen LogP contribution < -0.4 is 5.32 Å². The van der Waals surface area contributed by atoms with Gasteiger partial charge < -0.3 is 5.32 Å². The van der Waals surface area contributed by atoms with Crippen LogP contribution in [0.1, 0.15) is 113 Å². The van der Waals surface area contributed by atoms with Crippen molar-refractivity contribution in [2.75, 3.05) is 18.1 Å². The highest BCUT2D eigenvalue weighted by Gasteiger charge is 2.54. The molecule has 0 aliphatic heterocycles. The zero-order valence-corrected chi connectivity index (χ0v) is 20.1. The molecule has 2 saturated carbocycles. The Morgan fingerprint density at radius 1 is 0.885 bits per heavy atom. The molecule has 2 bridgehead atoms. The number of amides is 1. The van der Waals surface area contributed by atoms with Gasteiger partial charge in [0.25, 0.3) is 0 Å². The number of unbranched alkanes of at least 4 members (excludes halogenated alkanes) is 1. The molecule has 158 valence electrons. The van der Waals surface area contributed by atoms with E-state index in [4.69, 9.17) is 0 Å². The first-order valence-electron chi connectivity index (χ1n) is 11.5. The number of carbonyl (C=O) groups excluding carboxylic acids is 1. The normalized spacial score (nSPS) is 25.1. The molecule has 2 fully saturated rings. The molecule has 1 amide bonds. The van der Waals surface area contributed by atoms with Crippen LogP contribution in [-0.2, 0) is 4.79 Å². The molecule has 3 heteroatoms. The van der Waals surface area contributed by atoms with Crippen LogP contribution in [0.3, 0.4) is 0 Å². The molecule has 2 aliphatic rings. The van der Waals surface area contributed by atoms with E-state index in [0.717, 1.165) is 25.8 Å². The topological polar surface area (TPSA) is 29.1 Å². The van der Waals surface area contributed by atoms with Gasteiger partial charge in [0.15, 0.2) is 0 Å². The van der Waals surface area contributed by atoms with Crippen LogP contribution in [0.4, 0.5) is 0 Å². The summed E-state index contributed by atoms with van der Waals surface area (Å²) in [6, 6.07) is 0. The van der Waals surface area contributed by atoms with E-state index in [1.54, 1.807) is 0 Å². The van der Waals surface area contributed by atoms with Gasteiger partial charge in [-0.3, -0.25) is 4.79 Å². The van der Waals surface area contributed by atoms with Gasteiger partial charge in [0, 0.05) is 13.0 Å². The van der Waals surface area contributed by atoms with E-state index in [1.165, 1.54) is 50.0 Å². The molecule has 0 radical (unpaired) electrons. The zero-order chi connectivity index (χ0) is 20.5. The van der Waals surface area contributed by atoms with Crippen molar-refractivity contribution in [3.8, 4) is 0 Å². The van der Waals surface area contributed by atoms with Crippen molar-refractivity contribution < 1.29 is 4.79 Å². The molecule has 0 heterocycles. The molecule has 0 spiro atoms. The van der Waals surface area contributed by atoms with Crippen molar-refractivity contribution in [2.45, 2.75) is 113 Å². The standard InChI is InChI=1S/C17H31NOS.3C2H6/c1-3-5-10-18-15(19)12-16-6-8-17(13-16,9-7-16)14-20-11-4-2;3*1-2/h3-14H2,1-2H3,(H,18,19);3*1-2H3. The molecule has 0 saturated heterocycles. The summed E-state index contributed by atoms with van der Waals surface area (Å²) in [5.41, 5.74) is 0.951. The molecule has 0 aromatic heterocycles. The van der Waals surface area contributed by atoms with Gasteiger partial charge in [-0.15, -0.1) is 0 Å². The fourth-order valence-electron chi connectivity index (χ4n) is 4.14. The van der Waals surface area contributed by atoms with E-state index in [9.17, 15) is 4.79 Å². The predicted octanol–water partition coefficient (Wildman–Crippen LogP) is 7.47. The second kappa shape index (κ2) is 17.0. The lowest BCUT2D eigenvalue weighted by molar-refractivity contribution is -0.123. The van der Waals surface area contributed by atoms with E-state index in [-0.39, 0.29) is 0 Å². The third-order valence-electron chi connectivity index (χ3n) is 5.27. The van der Waals surface area contributed by atoms with Crippen LogP contribution in [0, 0.1) is 10.8 Å². The molecule has 2 rings (SSSR count). The monoisotopic (exact) mass is 387 g/mol. The van der Waals surface area contributed by atoms with E-state index in [1.807, 2.05) is 41.5 Å². The minimum Gasteiger partial charge on any atom is -0.356 e. The molecule has 0 atom stereocenters. The number of hydrogen-bond donors (Lipinski definition) is 1. The Labute approximate surface area is 170 Å². The second-order valence-corrected chi connectivity index (χ2v) is 8.21. The van der Waals surface area contributed by atoms with Crippen molar-refractivity contribution >= 4 is 17.7 Å². The van der Waals surface area contributed by atoms with Crippen LogP contribution in [0.25, 0.3) is 0 Å². The van der Waals surface area contributed by atoms with E-state index in [2.05, 4.69) is 30.9 Å². The highest BCUT2D eigenvalue weighted by Crippen LogP contribution is 2.63. The summed E-state index contributed by atoms with van der Waals surface area (Å²) in [7, 11) is 0. The summed E-state index contributed by atoms with van der Waals surface area (Å²) < 4.78 is 0. The van der Waals surface area contributed by atoms with Crippen molar-refractivity contribution in [3.63, 3.8) is 0 Å². The number of nitrogens with one attached hydrogen (secondary N) is 1. The summed E-state index contributed by atoms with van der Waals surface area (Å²) in [5, 5.41) is 3.11. The van der Waals surface area contributed by atoms with Crippen LogP contribution in [0.5, 0.6) is 0 Å². The van der Waals surface area contributed by atoms with Gasteiger partial charge in [0.1, 0.15) is 0 Å². The van der Waals surface area contributed by atoms with Gasteiger partial charge in [0.05, 0.1) is 0 Å². The molecule has 2 aliphatic carbocycles. The summed E-state index contributed by atoms with van der Waals surface area (Å²) in [4.78, 5) is 12.1. The molecule has 26 heavy (non-hydrogen) atoms. The number of rotatable bonds is 9. The number of fused-ring (bicyclic) bond motifs is 2. The van der Waals surface area contributed by atoms with E-state index < -0.39 is 0 Å². The van der Waals surface area contributed by atoms with Crippen LogP contribution in [-0.4, -0.2) is 24.0 Å². The lowest BCUT2D eigenvalue weighted by atomic mass is 9.80. The lowest BCUT2D eigenvalue weighted by Gasteiger charge is -2.27. The number of carbonyl (C=O) groups is 1. The zero-order valence-electron chi connectivity index (χ0n) is 19.3.